The van der Waals surface area contributed by atoms with Crippen molar-refractivity contribution < 1.29 is 24.6 Å². The molecule has 1 aliphatic rings. The van der Waals surface area contributed by atoms with Gasteiger partial charge < -0.3 is 10.2 Å². The molecule has 1 aliphatic heterocycles. The highest BCUT2D eigenvalue weighted by Gasteiger charge is 2.39. The number of carboxylic acids is 1. The maximum atomic E-state index is 12.6. The lowest BCUT2D eigenvalue weighted by atomic mass is 9.96. The SMILES string of the molecule is CC(=O)C1=C([O-])C(=O)N(c2cccc(C(=O)O)c2)[C@H]1c1ccc(Cl)cc1. The summed E-state index contributed by atoms with van der Waals surface area (Å²) in [5.74, 6) is -3.44. The summed E-state index contributed by atoms with van der Waals surface area (Å²) >= 11 is 5.90. The van der Waals surface area contributed by atoms with Crippen molar-refractivity contribution in [3.05, 3.63) is 76.0 Å². The number of hydrogen-bond donors (Lipinski definition) is 1. The number of ketones is 1. The van der Waals surface area contributed by atoms with Gasteiger partial charge in [0.2, 0.25) is 5.91 Å². The van der Waals surface area contributed by atoms with Crippen molar-refractivity contribution in [2.45, 2.75) is 13.0 Å². The Morgan fingerprint density at radius 3 is 2.38 bits per heavy atom. The highest BCUT2D eigenvalue weighted by molar-refractivity contribution is 6.30. The van der Waals surface area contributed by atoms with E-state index in [-0.39, 0.29) is 16.8 Å². The molecule has 26 heavy (non-hydrogen) atoms. The lowest BCUT2D eigenvalue weighted by Crippen LogP contribution is -2.32. The smallest absolute Gasteiger partial charge is 0.335 e. The second-order valence-electron chi connectivity index (χ2n) is 5.78. The number of halogens is 1. The zero-order valence-corrected chi connectivity index (χ0v) is 14.4. The predicted molar refractivity (Wildman–Crippen MR) is 92.8 cm³/mol. The summed E-state index contributed by atoms with van der Waals surface area (Å²) in [5.41, 5.74) is 0.561. The lowest BCUT2D eigenvalue weighted by molar-refractivity contribution is -0.298. The van der Waals surface area contributed by atoms with Gasteiger partial charge in [0.05, 0.1) is 11.6 Å². The van der Waals surface area contributed by atoms with Crippen LogP contribution in [0.2, 0.25) is 5.02 Å². The van der Waals surface area contributed by atoms with Crippen LogP contribution >= 0.6 is 11.6 Å². The van der Waals surface area contributed by atoms with Crippen molar-refractivity contribution in [2.75, 3.05) is 4.90 Å². The van der Waals surface area contributed by atoms with E-state index in [4.69, 9.17) is 11.6 Å². The van der Waals surface area contributed by atoms with Crippen LogP contribution in [0.25, 0.3) is 0 Å². The van der Waals surface area contributed by atoms with E-state index in [1.165, 1.54) is 31.2 Å². The Kier molecular flexibility index (Phi) is 4.52. The monoisotopic (exact) mass is 370 g/mol. The lowest BCUT2D eigenvalue weighted by Gasteiger charge is -2.27. The molecule has 0 spiro atoms. The van der Waals surface area contributed by atoms with Gasteiger partial charge in [0, 0.05) is 16.3 Å². The first-order chi connectivity index (χ1) is 12.3. The number of hydrogen-bond acceptors (Lipinski definition) is 4. The van der Waals surface area contributed by atoms with E-state index in [1.54, 1.807) is 24.3 Å². The van der Waals surface area contributed by atoms with E-state index < -0.39 is 29.5 Å². The van der Waals surface area contributed by atoms with Crippen LogP contribution < -0.4 is 10.0 Å². The molecule has 3 rings (SSSR count). The first-order valence-electron chi connectivity index (χ1n) is 7.65. The first kappa shape index (κ1) is 17.7. The molecule has 0 unspecified atom stereocenters. The van der Waals surface area contributed by atoms with Crippen molar-refractivity contribution in [3.8, 4) is 0 Å². The van der Waals surface area contributed by atoms with Crippen LogP contribution in [-0.2, 0) is 9.59 Å². The quantitative estimate of drug-likeness (QED) is 0.890. The molecule has 0 saturated carbocycles. The molecule has 0 aliphatic carbocycles. The normalized spacial score (nSPS) is 16.9. The number of amides is 1. The molecule has 2 aromatic carbocycles. The molecule has 0 saturated heterocycles. The summed E-state index contributed by atoms with van der Waals surface area (Å²) in [7, 11) is 0. The highest BCUT2D eigenvalue weighted by Crippen LogP contribution is 2.40. The number of aromatic carboxylic acids is 1. The maximum absolute atomic E-state index is 12.6. The van der Waals surface area contributed by atoms with Crippen LogP contribution in [0, 0.1) is 0 Å². The van der Waals surface area contributed by atoms with Crippen LogP contribution in [0.1, 0.15) is 28.9 Å². The Morgan fingerprint density at radius 1 is 1.15 bits per heavy atom. The number of anilines is 1. The molecular formula is C19H13ClNO5-. The largest absolute Gasteiger partial charge is 0.868 e. The minimum absolute atomic E-state index is 0.0334. The van der Waals surface area contributed by atoms with Crippen LogP contribution in [0.5, 0.6) is 0 Å². The number of Topliss-reactive ketones (excluding diaryl/α,β-unsaturated/α-hetero) is 1. The summed E-state index contributed by atoms with van der Waals surface area (Å²) in [6.45, 7) is 1.22. The molecule has 1 heterocycles. The van der Waals surface area contributed by atoms with Gasteiger partial charge in [-0.05, 0) is 48.6 Å². The molecular weight excluding hydrogens is 358 g/mol. The van der Waals surface area contributed by atoms with E-state index in [9.17, 15) is 24.6 Å². The average molecular weight is 371 g/mol. The van der Waals surface area contributed by atoms with Gasteiger partial charge in [-0.15, -0.1) is 0 Å². The van der Waals surface area contributed by atoms with E-state index in [0.29, 0.717) is 10.6 Å². The molecule has 1 atom stereocenters. The van der Waals surface area contributed by atoms with Crippen molar-refractivity contribution in [3.63, 3.8) is 0 Å². The minimum Gasteiger partial charge on any atom is -0.868 e. The molecule has 0 aromatic heterocycles. The van der Waals surface area contributed by atoms with Crippen molar-refractivity contribution >= 4 is 34.9 Å². The van der Waals surface area contributed by atoms with Crippen LogP contribution in [0.4, 0.5) is 5.69 Å². The number of benzene rings is 2. The summed E-state index contributed by atoms with van der Waals surface area (Å²) in [6, 6.07) is 11.1. The first-order valence-corrected chi connectivity index (χ1v) is 8.03. The van der Waals surface area contributed by atoms with Gasteiger partial charge in [-0.1, -0.05) is 29.8 Å². The Hall–Kier alpha value is -3.12. The summed E-state index contributed by atoms with van der Waals surface area (Å²) in [6.07, 6.45) is 0. The molecule has 0 radical (unpaired) electrons. The Balaban J connectivity index is 2.18. The van der Waals surface area contributed by atoms with Gasteiger partial charge in [0.1, 0.15) is 0 Å². The fourth-order valence-corrected chi connectivity index (χ4v) is 3.09. The van der Waals surface area contributed by atoms with E-state index in [0.717, 1.165) is 4.90 Å². The van der Waals surface area contributed by atoms with Crippen molar-refractivity contribution in [1.29, 1.82) is 0 Å². The third kappa shape index (κ3) is 2.95. The Bertz CT molecular complexity index is 949. The minimum atomic E-state index is -1.16. The van der Waals surface area contributed by atoms with Crippen LogP contribution in [0.3, 0.4) is 0 Å². The molecule has 1 N–H and O–H groups in total. The molecule has 6 nitrogen and oxygen atoms in total. The fourth-order valence-electron chi connectivity index (χ4n) is 2.96. The second kappa shape index (κ2) is 6.65. The topological polar surface area (TPSA) is 97.7 Å². The maximum Gasteiger partial charge on any atom is 0.335 e. The van der Waals surface area contributed by atoms with Gasteiger partial charge in [0.25, 0.3) is 0 Å². The van der Waals surface area contributed by atoms with Gasteiger partial charge in [-0.3, -0.25) is 14.5 Å². The third-order valence-electron chi connectivity index (χ3n) is 4.13. The zero-order valence-electron chi connectivity index (χ0n) is 13.6. The number of rotatable bonds is 4. The van der Waals surface area contributed by atoms with Crippen LogP contribution in [-0.4, -0.2) is 22.8 Å². The molecule has 2 aromatic rings. The number of carbonyl (C=O) groups excluding carboxylic acids is 2. The van der Waals surface area contributed by atoms with Gasteiger partial charge in [-0.2, -0.15) is 0 Å². The van der Waals surface area contributed by atoms with Crippen molar-refractivity contribution in [1.82, 2.24) is 0 Å². The number of carbonyl (C=O) groups is 3. The Morgan fingerprint density at radius 2 is 1.81 bits per heavy atom. The number of carboxylic acid groups (broad SMARTS) is 1. The van der Waals surface area contributed by atoms with E-state index in [1.807, 2.05) is 0 Å². The molecule has 0 fully saturated rings. The van der Waals surface area contributed by atoms with E-state index in [2.05, 4.69) is 0 Å². The highest BCUT2D eigenvalue weighted by atomic mass is 35.5. The van der Waals surface area contributed by atoms with Gasteiger partial charge in [0.15, 0.2) is 5.78 Å². The van der Waals surface area contributed by atoms with Gasteiger partial charge in [-0.25, -0.2) is 4.79 Å². The zero-order chi connectivity index (χ0) is 19.0. The summed E-state index contributed by atoms with van der Waals surface area (Å²) < 4.78 is 0. The Labute approximate surface area is 153 Å². The average Bonchev–Trinajstić information content (AvgIpc) is 2.87. The molecule has 7 heteroatoms. The number of nitrogens with zero attached hydrogens (tertiary/aromatic N) is 1. The predicted octanol–water partition coefficient (Wildman–Crippen LogP) is 2.33. The molecule has 0 bridgehead atoms. The molecule has 1 amide bonds. The second-order valence-corrected chi connectivity index (χ2v) is 6.22. The van der Waals surface area contributed by atoms with Crippen LogP contribution in [0.15, 0.2) is 59.9 Å². The molecule has 132 valence electrons. The standard InChI is InChI=1S/C19H14ClNO5/c1-10(22)15-16(11-5-7-13(20)8-6-11)21(18(24)17(15)23)14-4-2-3-12(9-14)19(25)26/h2-9,16,23H,1H3,(H,25,26)/p-1/t16-/m0/s1. The fraction of sp³-hybridized carbons (Fsp3) is 0.105. The summed E-state index contributed by atoms with van der Waals surface area (Å²) in [5, 5.41) is 22.1. The van der Waals surface area contributed by atoms with E-state index >= 15 is 0 Å². The third-order valence-corrected chi connectivity index (χ3v) is 4.38. The summed E-state index contributed by atoms with van der Waals surface area (Å²) in [4.78, 5) is 37.0. The van der Waals surface area contributed by atoms with Gasteiger partial charge >= 0.3 is 5.97 Å². The van der Waals surface area contributed by atoms with Crippen molar-refractivity contribution in [2.24, 2.45) is 0 Å².